The monoisotopic (exact) mass is 198 g/mol. The van der Waals surface area contributed by atoms with Gasteiger partial charge < -0.3 is 9.47 Å². The highest BCUT2D eigenvalue weighted by molar-refractivity contribution is 5.82. The molecule has 0 spiro atoms. The van der Waals surface area contributed by atoms with Crippen LogP contribution in [0.25, 0.3) is 0 Å². The number of carbonyl (C=O) groups is 2. The molecule has 0 fully saturated rings. The summed E-state index contributed by atoms with van der Waals surface area (Å²) in [5.41, 5.74) is 0. The molecule has 0 unspecified atom stereocenters. The zero-order valence-electron chi connectivity index (χ0n) is 8.19. The second kappa shape index (κ2) is 8.04. The third-order valence-electron chi connectivity index (χ3n) is 1.19. The molecule has 0 aliphatic heterocycles. The van der Waals surface area contributed by atoms with E-state index in [4.69, 9.17) is 4.74 Å². The smallest absolute Gasteiger partial charge is 0.330 e. The van der Waals surface area contributed by atoms with Gasteiger partial charge >= 0.3 is 11.9 Å². The zero-order chi connectivity index (χ0) is 10.8. The minimum Gasteiger partial charge on any atom is -0.463 e. The summed E-state index contributed by atoms with van der Waals surface area (Å²) in [6, 6.07) is 0. The molecule has 14 heavy (non-hydrogen) atoms. The van der Waals surface area contributed by atoms with Crippen LogP contribution in [-0.4, -0.2) is 25.2 Å². The van der Waals surface area contributed by atoms with Crippen LogP contribution in [0.3, 0.4) is 0 Å². The fraction of sp³-hybridized carbons (Fsp3) is 0.400. The fourth-order valence-electron chi connectivity index (χ4n) is 0.584. The van der Waals surface area contributed by atoms with Crippen molar-refractivity contribution < 1.29 is 19.1 Å². The molecule has 0 aromatic rings. The van der Waals surface area contributed by atoms with Gasteiger partial charge in [-0.1, -0.05) is 13.5 Å². The van der Waals surface area contributed by atoms with E-state index in [2.05, 4.69) is 11.3 Å². The van der Waals surface area contributed by atoms with E-state index in [9.17, 15) is 9.59 Å². The molecule has 0 rings (SSSR count). The zero-order valence-corrected chi connectivity index (χ0v) is 8.19. The van der Waals surface area contributed by atoms with Gasteiger partial charge in [-0.15, -0.1) is 0 Å². The number of ether oxygens (including phenoxy) is 2. The third-order valence-corrected chi connectivity index (χ3v) is 1.19. The average molecular weight is 198 g/mol. The van der Waals surface area contributed by atoms with Crippen molar-refractivity contribution in [2.24, 2.45) is 0 Å². The van der Waals surface area contributed by atoms with E-state index in [1.54, 1.807) is 0 Å². The van der Waals surface area contributed by atoms with Gasteiger partial charge in [0.2, 0.25) is 0 Å². The molecule has 0 aromatic heterocycles. The Hall–Kier alpha value is -1.58. The predicted octanol–water partition coefficient (Wildman–Crippen LogP) is 1.22. The van der Waals surface area contributed by atoms with Gasteiger partial charge in [0.1, 0.15) is 6.61 Å². The first-order valence-electron chi connectivity index (χ1n) is 4.33. The van der Waals surface area contributed by atoms with Gasteiger partial charge in [-0.2, -0.15) is 0 Å². The number of esters is 2. The Bertz CT molecular complexity index is 230. The van der Waals surface area contributed by atoms with E-state index >= 15 is 0 Å². The molecule has 78 valence electrons. The molecule has 0 radical (unpaired) electrons. The molecule has 0 bridgehead atoms. The lowest BCUT2D eigenvalue weighted by molar-refractivity contribution is -0.139. The summed E-state index contributed by atoms with van der Waals surface area (Å²) >= 11 is 0. The maximum atomic E-state index is 10.8. The number of carbonyl (C=O) groups excluding carboxylic acids is 2. The standard InChI is InChI=1S/C10H14O4/c1-3-7-13-10(12)6-5-8-14-9(11)4-2/h4-6H,2-3,7-8H2,1H3. The van der Waals surface area contributed by atoms with Crippen LogP contribution in [0.5, 0.6) is 0 Å². The quantitative estimate of drug-likeness (QED) is 0.475. The van der Waals surface area contributed by atoms with Crippen molar-refractivity contribution in [3.05, 3.63) is 24.8 Å². The van der Waals surface area contributed by atoms with E-state index in [0.29, 0.717) is 6.61 Å². The van der Waals surface area contributed by atoms with Crippen molar-refractivity contribution in [3.8, 4) is 0 Å². The topological polar surface area (TPSA) is 52.6 Å². The Morgan fingerprint density at radius 1 is 1.29 bits per heavy atom. The van der Waals surface area contributed by atoms with Crippen LogP contribution in [-0.2, 0) is 19.1 Å². The Kier molecular flexibility index (Phi) is 7.13. The predicted molar refractivity (Wildman–Crippen MR) is 51.5 cm³/mol. The lowest BCUT2D eigenvalue weighted by Gasteiger charge is -1.97. The molecule has 0 amide bonds. The molecule has 4 nitrogen and oxygen atoms in total. The van der Waals surface area contributed by atoms with Gasteiger partial charge in [-0.25, -0.2) is 9.59 Å². The highest BCUT2D eigenvalue weighted by Gasteiger charge is 1.95. The van der Waals surface area contributed by atoms with Crippen LogP contribution in [0.2, 0.25) is 0 Å². The Labute approximate surface area is 83.2 Å². The van der Waals surface area contributed by atoms with E-state index in [1.165, 1.54) is 12.2 Å². The highest BCUT2D eigenvalue weighted by Crippen LogP contribution is 1.86. The molecular weight excluding hydrogens is 184 g/mol. The summed E-state index contributed by atoms with van der Waals surface area (Å²) in [5.74, 6) is -0.946. The van der Waals surface area contributed by atoms with Gasteiger partial charge in [-0.3, -0.25) is 0 Å². The van der Waals surface area contributed by atoms with E-state index < -0.39 is 11.9 Å². The molecule has 0 heterocycles. The van der Waals surface area contributed by atoms with Crippen LogP contribution in [0.4, 0.5) is 0 Å². The van der Waals surface area contributed by atoms with Gasteiger partial charge in [0.25, 0.3) is 0 Å². The molecule has 0 saturated carbocycles. The van der Waals surface area contributed by atoms with Gasteiger partial charge in [0.05, 0.1) is 6.61 Å². The van der Waals surface area contributed by atoms with Gasteiger partial charge in [-0.05, 0) is 12.5 Å². The van der Waals surface area contributed by atoms with Crippen LogP contribution in [0.1, 0.15) is 13.3 Å². The Balaban J connectivity index is 3.56. The summed E-state index contributed by atoms with van der Waals surface area (Å²) in [6.07, 6.45) is 4.49. The minimum atomic E-state index is -0.517. The lowest BCUT2D eigenvalue weighted by Crippen LogP contribution is -2.03. The summed E-state index contributed by atoms with van der Waals surface area (Å²) in [6.45, 7) is 5.58. The maximum Gasteiger partial charge on any atom is 0.330 e. The highest BCUT2D eigenvalue weighted by atomic mass is 16.5. The van der Waals surface area contributed by atoms with E-state index in [-0.39, 0.29) is 6.61 Å². The maximum absolute atomic E-state index is 10.8. The summed E-state index contributed by atoms with van der Waals surface area (Å²) in [5, 5.41) is 0. The second-order valence-electron chi connectivity index (χ2n) is 2.40. The molecule has 0 aromatic carbocycles. The van der Waals surface area contributed by atoms with Crippen LogP contribution >= 0.6 is 0 Å². The molecule has 0 saturated heterocycles. The molecule has 0 aliphatic rings. The summed E-state index contributed by atoms with van der Waals surface area (Å²) in [4.78, 5) is 21.4. The first-order chi connectivity index (χ1) is 6.70. The normalized spacial score (nSPS) is 9.79. The van der Waals surface area contributed by atoms with Crippen LogP contribution in [0, 0.1) is 0 Å². The van der Waals surface area contributed by atoms with Crippen LogP contribution in [0.15, 0.2) is 24.8 Å². The first-order valence-corrected chi connectivity index (χ1v) is 4.33. The Morgan fingerprint density at radius 3 is 2.57 bits per heavy atom. The van der Waals surface area contributed by atoms with Gasteiger partial charge in [0, 0.05) is 12.2 Å². The SMILES string of the molecule is C=CC(=O)OCC=CC(=O)OCCC. The van der Waals surface area contributed by atoms with Crippen LogP contribution < -0.4 is 0 Å². The Morgan fingerprint density at radius 2 is 2.00 bits per heavy atom. The van der Waals surface area contributed by atoms with Crippen molar-refractivity contribution in [1.29, 1.82) is 0 Å². The molecule has 0 atom stereocenters. The van der Waals surface area contributed by atoms with Crippen molar-refractivity contribution in [2.75, 3.05) is 13.2 Å². The van der Waals surface area contributed by atoms with E-state index in [1.807, 2.05) is 6.92 Å². The molecule has 4 heteroatoms. The third kappa shape index (κ3) is 7.09. The largest absolute Gasteiger partial charge is 0.463 e. The number of hydrogen-bond donors (Lipinski definition) is 0. The fourth-order valence-corrected chi connectivity index (χ4v) is 0.584. The molecule has 0 N–H and O–H groups in total. The summed E-state index contributed by atoms with van der Waals surface area (Å²) < 4.78 is 9.33. The van der Waals surface area contributed by atoms with Gasteiger partial charge in [0.15, 0.2) is 0 Å². The summed E-state index contributed by atoms with van der Waals surface area (Å²) in [7, 11) is 0. The number of rotatable bonds is 6. The molecular formula is C10H14O4. The lowest BCUT2D eigenvalue weighted by atomic mass is 10.5. The number of hydrogen-bond acceptors (Lipinski definition) is 4. The average Bonchev–Trinajstić information content (AvgIpc) is 2.21. The first kappa shape index (κ1) is 12.4. The van der Waals surface area contributed by atoms with Crippen molar-refractivity contribution in [3.63, 3.8) is 0 Å². The molecule has 0 aliphatic carbocycles. The van der Waals surface area contributed by atoms with Crippen molar-refractivity contribution >= 4 is 11.9 Å². The van der Waals surface area contributed by atoms with E-state index in [0.717, 1.165) is 12.5 Å². The van der Waals surface area contributed by atoms with Crippen molar-refractivity contribution in [2.45, 2.75) is 13.3 Å². The second-order valence-corrected chi connectivity index (χ2v) is 2.40. The van der Waals surface area contributed by atoms with Crippen molar-refractivity contribution in [1.82, 2.24) is 0 Å². The minimum absolute atomic E-state index is 0.0477.